The molecule has 210 valence electrons. The monoisotopic (exact) mass is 544 g/mol. The number of nitro groups is 1. The fourth-order valence-corrected chi connectivity index (χ4v) is 3.33. The maximum atomic E-state index is 13.4. The van der Waals surface area contributed by atoms with Gasteiger partial charge in [0.2, 0.25) is 0 Å². The molecule has 1 aromatic carbocycles. The summed E-state index contributed by atoms with van der Waals surface area (Å²) in [5.41, 5.74) is -2.90. The lowest BCUT2D eigenvalue weighted by atomic mass is 10.2. The first kappa shape index (κ1) is 29.1. The normalized spacial score (nSPS) is 12.2. The number of ether oxygens (including phenoxy) is 3. The van der Waals surface area contributed by atoms with Gasteiger partial charge in [0.25, 0.3) is 0 Å². The zero-order valence-electron chi connectivity index (χ0n) is 23.3. The van der Waals surface area contributed by atoms with E-state index in [1.807, 2.05) is 0 Å². The highest BCUT2D eigenvalue weighted by atomic mass is 16.6. The quantitative estimate of drug-likeness (QED) is 0.231. The smallest absolute Gasteiger partial charge is 0.435 e. The van der Waals surface area contributed by atoms with Gasteiger partial charge >= 0.3 is 24.0 Å². The van der Waals surface area contributed by atoms with Gasteiger partial charge in [0, 0.05) is 0 Å². The van der Waals surface area contributed by atoms with Crippen molar-refractivity contribution in [3.8, 4) is 5.69 Å². The van der Waals surface area contributed by atoms with Gasteiger partial charge in [-0.3, -0.25) is 10.1 Å². The van der Waals surface area contributed by atoms with Crippen LogP contribution in [0.3, 0.4) is 0 Å². The highest BCUT2D eigenvalue weighted by molar-refractivity contribution is 6.16. The number of anilines is 1. The number of hydrogen-bond donors (Lipinski definition) is 0. The highest BCUT2D eigenvalue weighted by Gasteiger charge is 2.38. The zero-order valence-corrected chi connectivity index (χ0v) is 23.3. The Morgan fingerprint density at radius 3 is 1.90 bits per heavy atom. The molecule has 2 amide bonds. The number of rotatable bonds is 3. The third-order valence-electron chi connectivity index (χ3n) is 4.62. The van der Waals surface area contributed by atoms with Crippen molar-refractivity contribution in [1.82, 2.24) is 19.6 Å². The molecule has 0 saturated carbocycles. The molecule has 0 saturated heterocycles. The lowest BCUT2D eigenvalue weighted by molar-refractivity contribution is -0.384. The van der Waals surface area contributed by atoms with E-state index in [1.54, 1.807) is 68.4 Å². The number of hydrogen-bond acceptors (Lipinski definition) is 10. The molecule has 0 atom stereocenters. The molecule has 0 fully saturated rings. The molecule has 0 bridgehead atoms. The summed E-state index contributed by atoms with van der Waals surface area (Å²) in [6, 6.07) is 4.61. The molecule has 3 rings (SSSR count). The third kappa shape index (κ3) is 6.89. The topological polar surface area (TPSA) is 161 Å². The number of aromatic nitrogens is 4. The number of nitrogens with zero attached hydrogens (tertiary/aromatic N) is 6. The summed E-state index contributed by atoms with van der Waals surface area (Å²) in [7, 11) is 0. The molecular weight excluding hydrogens is 512 g/mol. The summed E-state index contributed by atoms with van der Waals surface area (Å²) < 4.78 is 18.5. The van der Waals surface area contributed by atoms with Crippen LogP contribution < -0.4 is 4.90 Å². The van der Waals surface area contributed by atoms with E-state index < -0.39 is 40.0 Å². The second-order valence-corrected chi connectivity index (χ2v) is 11.6. The van der Waals surface area contributed by atoms with Gasteiger partial charge in [-0.1, -0.05) is 6.07 Å². The SMILES string of the molecule is CC(C)(C)OC(=O)N(C(=O)OC(C)(C)C)c1nn(C(=O)OC(C)(C)C)c2cccc(-n3cc([N+](=O)[O-])cn3)c12. The first-order chi connectivity index (χ1) is 17.8. The first-order valence-corrected chi connectivity index (χ1v) is 12.0. The van der Waals surface area contributed by atoms with Crippen LogP contribution in [0.1, 0.15) is 62.3 Å². The van der Waals surface area contributed by atoms with E-state index in [9.17, 15) is 24.5 Å². The van der Waals surface area contributed by atoms with E-state index in [0.717, 1.165) is 17.1 Å². The number of imide groups is 1. The van der Waals surface area contributed by atoms with Crippen molar-refractivity contribution in [2.75, 3.05) is 4.90 Å². The molecule has 39 heavy (non-hydrogen) atoms. The second-order valence-electron chi connectivity index (χ2n) is 11.6. The van der Waals surface area contributed by atoms with Gasteiger partial charge in [-0.2, -0.15) is 14.7 Å². The Morgan fingerprint density at radius 2 is 1.44 bits per heavy atom. The van der Waals surface area contributed by atoms with Crippen LogP contribution in [0.2, 0.25) is 0 Å². The van der Waals surface area contributed by atoms with Gasteiger partial charge in [-0.05, 0) is 74.4 Å². The Hall–Kier alpha value is -4.49. The van der Waals surface area contributed by atoms with Crippen molar-refractivity contribution in [3.63, 3.8) is 0 Å². The van der Waals surface area contributed by atoms with Gasteiger partial charge in [0.15, 0.2) is 5.82 Å². The highest BCUT2D eigenvalue weighted by Crippen LogP contribution is 2.34. The molecule has 0 radical (unpaired) electrons. The summed E-state index contributed by atoms with van der Waals surface area (Å²) in [5.74, 6) is -0.326. The number of fused-ring (bicyclic) bond motifs is 1. The molecule has 0 aliphatic heterocycles. The largest absolute Gasteiger partial charge is 0.443 e. The Bertz CT molecular complexity index is 1410. The van der Waals surface area contributed by atoms with Gasteiger partial charge in [0.1, 0.15) is 29.2 Å². The van der Waals surface area contributed by atoms with Crippen LogP contribution in [0.15, 0.2) is 30.6 Å². The van der Waals surface area contributed by atoms with Crippen molar-refractivity contribution in [3.05, 3.63) is 40.7 Å². The summed E-state index contributed by atoms with van der Waals surface area (Å²) in [6.07, 6.45) is -0.941. The number of amides is 2. The molecule has 0 spiro atoms. The predicted octanol–water partition coefficient (Wildman–Crippen LogP) is 5.59. The molecule has 14 heteroatoms. The number of carbonyl (C=O) groups excluding carboxylic acids is 3. The third-order valence-corrected chi connectivity index (χ3v) is 4.62. The fourth-order valence-electron chi connectivity index (χ4n) is 3.33. The van der Waals surface area contributed by atoms with Crippen molar-refractivity contribution in [1.29, 1.82) is 0 Å². The van der Waals surface area contributed by atoms with Crippen LogP contribution in [-0.2, 0) is 14.2 Å². The Balaban J connectivity index is 2.37. The molecule has 14 nitrogen and oxygen atoms in total. The molecule has 2 heterocycles. The van der Waals surface area contributed by atoms with Gasteiger partial charge < -0.3 is 14.2 Å². The molecule has 0 aliphatic rings. The molecule has 0 aliphatic carbocycles. The zero-order chi connectivity index (χ0) is 29.5. The van der Waals surface area contributed by atoms with Crippen LogP contribution in [0, 0.1) is 10.1 Å². The lowest BCUT2D eigenvalue weighted by Crippen LogP contribution is -2.44. The van der Waals surface area contributed by atoms with E-state index in [-0.39, 0.29) is 28.1 Å². The van der Waals surface area contributed by atoms with Crippen LogP contribution in [0.25, 0.3) is 16.6 Å². The Labute approximate surface area is 224 Å². The minimum absolute atomic E-state index is 0.0816. The van der Waals surface area contributed by atoms with E-state index in [4.69, 9.17) is 14.2 Å². The van der Waals surface area contributed by atoms with Crippen molar-refractivity contribution in [2.45, 2.75) is 79.1 Å². The lowest BCUT2D eigenvalue weighted by Gasteiger charge is -2.27. The summed E-state index contributed by atoms with van der Waals surface area (Å²) in [4.78, 5) is 51.2. The van der Waals surface area contributed by atoms with Crippen LogP contribution in [-0.4, -0.2) is 59.6 Å². The van der Waals surface area contributed by atoms with Crippen molar-refractivity contribution in [2.24, 2.45) is 0 Å². The Kier molecular flexibility index (Phi) is 7.45. The Morgan fingerprint density at radius 1 is 0.897 bits per heavy atom. The summed E-state index contributed by atoms with van der Waals surface area (Å²) in [6.45, 7) is 14.7. The van der Waals surface area contributed by atoms with Gasteiger partial charge in [-0.25, -0.2) is 19.1 Å². The number of benzene rings is 1. The second kappa shape index (κ2) is 10.0. The fraction of sp³-hybridized carbons (Fsp3) is 0.480. The van der Waals surface area contributed by atoms with Gasteiger partial charge in [-0.15, -0.1) is 5.10 Å². The van der Waals surface area contributed by atoms with Crippen LogP contribution in [0.5, 0.6) is 0 Å². The minimum atomic E-state index is -1.12. The molecular formula is C25H32N6O8. The van der Waals surface area contributed by atoms with E-state index in [0.29, 0.717) is 4.90 Å². The number of carbonyl (C=O) groups is 3. The van der Waals surface area contributed by atoms with Gasteiger partial charge in [0.05, 0.1) is 21.5 Å². The molecule has 3 aromatic rings. The van der Waals surface area contributed by atoms with Crippen LogP contribution >= 0.6 is 0 Å². The van der Waals surface area contributed by atoms with E-state index in [1.165, 1.54) is 16.8 Å². The maximum absolute atomic E-state index is 13.4. The summed E-state index contributed by atoms with van der Waals surface area (Å²) in [5, 5.41) is 19.7. The predicted molar refractivity (Wildman–Crippen MR) is 140 cm³/mol. The molecule has 0 N–H and O–H groups in total. The average Bonchev–Trinajstić information content (AvgIpc) is 3.36. The van der Waals surface area contributed by atoms with Crippen molar-refractivity contribution >= 4 is 40.7 Å². The van der Waals surface area contributed by atoms with Crippen LogP contribution in [0.4, 0.5) is 25.9 Å². The minimum Gasteiger partial charge on any atom is -0.443 e. The summed E-state index contributed by atoms with van der Waals surface area (Å²) >= 11 is 0. The molecule has 2 aromatic heterocycles. The average molecular weight is 545 g/mol. The maximum Gasteiger partial charge on any atom is 0.435 e. The first-order valence-electron chi connectivity index (χ1n) is 12.0. The standard InChI is InChI=1S/C25H32N6O8/c1-23(2,3)37-20(32)29(21(33)38-24(4,5)6)19-18-16(28-14-15(13-26-28)31(35)36)11-10-12-17(18)30(27-19)22(34)39-25(7,8)9/h10-14H,1-9H3. The van der Waals surface area contributed by atoms with E-state index in [2.05, 4.69) is 10.2 Å². The van der Waals surface area contributed by atoms with E-state index >= 15 is 0 Å². The molecule has 0 unspecified atom stereocenters. The van der Waals surface area contributed by atoms with Crippen molar-refractivity contribution < 1.29 is 33.5 Å².